The summed E-state index contributed by atoms with van der Waals surface area (Å²) in [5.41, 5.74) is 5.27. The first-order valence-corrected chi connectivity index (χ1v) is 10.00. The van der Waals surface area contributed by atoms with Crippen molar-refractivity contribution in [2.45, 2.75) is 25.4 Å². The number of carbonyl (C=O) groups excluding carboxylic acids is 3. The molecule has 0 radical (unpaired) electrons. The van der Waals surface area contributed by atoms with Gasteiger partial charge in [0.1, 0.15) is 18.3 Å². The van der Waals surface area contributed by atoms with E-state index in [1.54, 1.807) is 0 Å². The average Bonchev–Trinajstić information content (AvgIpc) is 3.04. The van der Waals surface area contributed by atoms with Crippen LogP contribution >= 0.6 is 11.3 Å². The first kappa shape index (κ1) is 25.3. The second-order valence-corrected chi connectivity index (χ2v) is 7.55. The van der Waals surface area contributed by atoms with E-state index in [-0.39, 0.29) is 57.0 Å². The van der Waals surface area contributed by atoms with E-state index >= 15 is 0 Å². The monoisotopic (exact) mass is 459 g/mol. The minimum absolute atomic E-state index is 0. The molecule has 13 nitrogen and oxygen atoms in total. The number of thiazole rings is 1. The maximum atomic E-state index is 12.6. The molecule has 0 aromatic carbocycles. The number of nitrogens with two attached hydrogens (primary N) is 1. The Morgan fingerprint density at radius 2 is 2.14 bits per heavy atom. The van der Waals surface area contributed by atoms with Crippen LogP contribution < -0.4 is 11.1 Å². The summed E-state index contributed by atoms with van der Waals surface area (Å²) in [4.78, 5) is 45.3. The van der Waals surface area contributed by atoms with Crippen LogP contribution in [-0.2, 0) is 34.3 Å². The molecule has 2 amide bonds. The van der Waals surface area contributed by atoms with Crippen LogP contribution in [0.3, 0.4) is 0 Å². The van der Waals surface area contributed by atoms with Crippen LogP contribution in [0.2, 0.25) is 0 Å². The van der Waals surface area contributed by atoms with Gasteiger partial charge in [-0.25, -0.2) is 9.78 Å². The predicted molar refractivity (Wildman–Crippen MR) is 103 cm³/mol. The number of anilines is 1. The van der Waals surface area contributed by atoms with E-state index in [1.165, 1.54) is 5.38 Å². The van der Waals surface area contributed by atoms with E-state index in [1.807, 2.05) is 6.92 Å². The zero-order chi connectivity index (χ0) is 21.1. The predicted octanol–water partition coefficient (Wildman–Crippen LogP) is -2.12. The molecule has 2 rings (SSSR count). The van der Waals surface area contributed by atoms with Gasteiger partial charge >= 0.3 is 45.8 Å². The topological polar surface area (TPSA) is 191 Å². The van der Waals surface area contributed by atoms with Crippen molar-refractivity contribution in [3.8, 4) is 0 Å². The summed E-state index contributed by atoms with van der Waals surface area (Å²) >= 11 is 1.03. The van der Waals surface area contributed by atoms with Gasteiger partial charge < -0.3 is 20.6 Å². The second kappa shape index (κ2) is 10.3. The van der Waals surface area contributed by atoms with Crippen LogP contribution in [0, 0.1) is 0 Å². The molecule has 156 valence electrons. The summed E-state index contributed by atoms with van der Waals surface area (Å²) in [6.45, 7) is 2.01. The van der Waals surface area contributed by atoms with Gasteiger partial charge in [0.15, 0.2) is 16.9 Å². The number of rotatable bonds is 8. The third kappa shape index (κ3) is 5.64. The van der Waals surface area contributed by atoms with E-state index in [2.05, 4.69) is 20.2 Å². The van der Waals surface area contributed by atoms with Crippen molar-refractivity contribution < 1.29 is 36.9 Å². The number of esters is 1. The fraction of sp³-hybridized carbons (Fsp3) is 0.462. The van der Waals surface area contributed by atoms with Crippen LogP contribution in [0.4, 0.5) is 5.13 Å². The Bertz CT molecular complexity index is 918. The Morgan fingerprint density at radius 1 is 1.48 bits per heavy atom. The van der Waals surface area contributed by atoms with Gasteiger partial charge in [0.2, 0.25) is 0 Å². The Labute approximate surface area is 191 Å². The summed E-state index contributed by atoms with van der Waals surface area (Å²) < 4.78 is 36.0. The Balaban J connectivity index is 0.00000420. The average molecular weight is 459 g/mol. The molecule has 2 heterocycles. The van der Waals surface area contributed by atoms with Crippen molar-refractivity contribution in [2.24, 2.45) is 5.16 Å². The van der Waals surface area contributed by atoms with Gasteiger partial charge in [0.25, 0.3) is 11.8 Å². The molecular weight excluding hydrogens is 441 g/mol. The molecule has 1 aromatic rings. The summed E-state index contributed by atoms with van der Waals surface area (Å²) in [6, 6.07) is -3.37. The van der Waals surface area contributed by atoms with Crippen molar-refractivity contribution in [3.63, 3.8) is 0 Å². The van der Waals surface area contributed by atoms with Crippen LogP contribution in [-0.4, -0.2) is 101 Å². The zero-order valence-corrected chi connectivity index (χ0v) is 16.3. The Kier molecular flexibility index (Phi) is 8.98. The number of methoxy groups -OCH3 is 1. The van der Waals surface area contributed by atoms with Gasteiger partial charge in [-0.05, 0) is 6.42 Å². The van der Waals surface area contributed by atoms with E-state index < -0.39 is 40.2 Å². The number of aromatic nitrogens is 1. The summed E-state index contributed by atoms with van der Waals surface area (Å²) in [7, 11) is -4.07. The number of β-lactam (4-membered cyclic amide) rings is 1. The fourth-order valence-corrected chi connectivity index (χ4v) is 3.61. The third-order valence-electron chi connectivity index (χ3n) is 3.46. The minimum atomic E-state index is -5.03. The molecule has 2 atom stereocenters. The molecule has 4 N–H and O–H groups in total. The van der Waals surface area contributed by atoms with Crippen LogP contribution in [0.5, 0.6) is 0 Å². The van der Waals surface area contributed by atoms with Crippen LogP contribution in [0.15, 0.2) is 10.5 Å². The van der Waals surface area contributed by atoms with Crippen LogP contribution in [0.1, 0.15) is 19.0 Å². The normalized spacial score (nSPS) is 19.1. The van der Waals surface area contributed by atoms with Crippen molar-refractivity contribution in [1.29, 1.82) is 0 Å². The molecule has 2 unspecified atom stereocenters. The molecule has 1 aromatic heterocycles. The molecular formula is C13H18N5NaO8S2. The van der Waals surface area contributed by atoms with Gasteiger partial charge in [-0.1, -0.05) is 12.1 Å². The molecule has 16 heteroatoms. The van der Waals surface area contributed by atoms with E-state index in [0.717, 1.165) is 18.4 Å². The molecule has 29 heavy (non-hydrogen) atoms. The number of nitrogens with one attached hydrogen (secondary N) is 1. The number of nitrogens with zero attached hydrogens (tertiary/aromatic N) is 3. The van der Waals surface area contributed by atoms with E-state index in [9.17, 15) is 22.8 Å². The Hall–Kier alpha value is -1.78. The standard InChI is InChI=1S/C13H17N5O8S2.Na.H/c1-3-4-26-17-7(6-5-27-13(14)15-6)10(19)16-8-9(12(21)25-2)18(11(8)20)28(22,23)24;;/h5,8-9H,3-4H2,1-2H3,(H2,14,15)(H,16,19)(H,22,23,24);;/b17-7-;;. The quantitative estimate of drug-likeness (QED) is 0.0736. The molecule has 0 saturated carbocycles. The number of carbonyl (C=O) groups is 3. The first-order chi connectivity index (χ1) is 13.1. The number of hydrogen-bond donors (Lipinski definition) is 3. The first-order valence-electron chi connectivity index (χ1n) is 7.72. The number of hydrogen-bond acceptors (Lipinski definition) is 11. The van der Waals surface area contributed by atoms with E-state index in [0.29, 0.717) is 6.42 Å². The maximum absolute atomic E-state index is 12.6. The Morgan fingerprint density at radius 3 is 2.62 bits per heavy atom. The van der Waals surface area contributed by atoms with Gasteiger partial charge in [0, 0.05) is 5.38 Å². The molecule has 0 aliphatic carbocycles. The van der Waals surface area contributed by atoms with Gasteiger partial charge in [-0.2, -0.15) is 12.7 Å². The molecule has 1 fully saturated rings. The molecule has 1 aliphatic rings. The van der Waals surface area contributed by atoms with Gasteiger partial charge in [0.05, 0.1) is 7.11 Å². The van der Waals surface area contributed by atoms with E-state index in [4.69, 9.17) is 15.1 Å². The van der Waals surface area contributed by atoms with Crippen molar-refractivity contribution >= 4 is 79.8 Å². The summed E-state index contributed by atoms with van der Waals surface area (Å²) in [6.07, 6.45) is 0.604. The molecule has 1 saturated heterocycles. The SMILES string of the molecule is CCCO/N=C(\C(=O)NC1C(=O)N(S(=O)(=O)O)C1C(=O)OC)c1csc(N)n1.[NaH]. The number of amides is 2. The summed E-state index contributed by atoms with van der Waals surface area (Å²) in [5.74, 6) is -3.34. The van der Waals surface area contributed by atoms with Crippen molar-refractivity contribution in [2.75, 3.05) is 19.5 Å². The molecule has 1 aliphatic heterocycles. The number of oxime groups is 1. The van der Waals surface area contributed by atoms with Crippen molar-refractivity contribution in [3.05, 3.63) is 11.1 Å². The van der Waals surface area contributed by atoms with Crippen LogP contribution in [0.25, 0.3) is 0 Å². The zero-order valence-electron chi connectivity index (χ0n) is 14.7. The van der Waals surface area contributed by atoms with Gasteiger partial charge in [-0.3, -0.25) is 14.1 Å². The van der Waals surface area contributed by atoms with Crippen molar-refractivity contribution in [1.82, 2.24) is 14.6 Å². The summed E-state index contributed by atoms with van der Waals surface area (Å²) in [5, 5.41) is 7.42. The number of ether oxygens (including phenoxy) is 1. The molecule has 0 spiro atoms. The third-order valence-corrected chi connectivity index (χ3v) is 5.04. The molecule has 0 bridgehead atoms. The van der Waals surface area contributed by atoms with Gasteiger partial charge in [-0.15, -0.1) is 11.3 Å². The number of nitrogen functional groups attached to an aromatic ring is 1. The second-order valence-electron chi connectivity index (χ2n) is 5.38. The fourth-order valence-electron chi connectivity index (χ4n) is 2.22.